The molecule has 0 saturated heterocycles. The van der Waals surface area contributed by atoms with Gasteiger partial charge in [-0.05, 0) is 19.8 Å². The summed E-state index contributed by atoms with van der Waals surface area (Å²) in [5.74, 6) is 0.146. The van der Waals surface area contributed by atoms with Crippen molar-refractivity contribution in [2.45, 2.75) is 96.7 Å². The van der Waals surface area contributed by atoms with Gasteiger partial charge in [-0.3, -0.25) is 4.79 Å². The van der Waals surface area contributed by atoms with Gasteiger partial charge in [0.15, 0.2) is 0 Å². The van der Waals surface area contributed by atoms with Gasteiger partial charge in [-0.15, -0.1) is 0 Å². The Morgan fingerprint density at radius 3 is 1.81 bits per heavy atom. The van der Waals surface area contributed by atoms with E-state index in [1.165, 1.54) is 44.9 Å². The molecule has 0 fully saturated rings. The van der Waals surface area contributed by atoms with Crippen molar-refractivity contribution >= 4 is 14.7 Å². The third-order valence-electron chi connectivity index (χ3n) is 5.12. The van der Waals surface area contributed by atoms with Crippen molar-refractivity contribution in [3.63, 3.8) is 0 Å². The van der Waals surface area contributed by atoms with Gasteiger partial charge in [-0.2, -0.15) is 0 Å². The smallest absolute Gasteiger partial charge is 0.377 e. The van der Waals surface area contributed by atoms with Crippen LogP contribution in [0, 0.1) is 0 Å². The van der Waals surface area contributed by atoms with Crippen molar-refractivity contribution in [2.75, 3.05) is 27.9 Å². The quantitative estimate of drug-likeness (QED) is 0.209. The van der Waals surface area contributed by atoms with Crippen LogP contribution in [0.5, 0.6) is 0 Å². The van der Waals surface area contributed by atoms with Gasteiger partial charge in [0, 0.05) is 40.3 Å². The standard InChI is InChI=1S/C20H44N2O4Si/c1-6-7-8-9-10-11-12-13-14-16-20(23)22(19(2)21)17-15-18-27(24-3,25-4)26-5/h19H,6-18,21H2,1-5H3. The van der Waals surface area contributed by atoms with Gasteiger partial charge in [0.25, 0.3) is 0 Å². The second-order valence-electron chi connectivity index (χ2n) is 7.31. The molecular weight excluding hydrogens is 360 g/mol. The molecule has 1 amide bonds. The monoisotopic (exact) mass is 404 g/mol. The molecule has 0 rings (SSSR count). The third kappa shape index (κ3) is 11.9. The molecular formula is C20H44N2O4Si. The van der Waals surface area contributed by atoms with Crippen LogP contribution in [0.25, 0.3) is 0 Å². The molecule has 27 heavy (non-hydrogen) atoms. The van der Waals surface area contributed by atoms with Gasteiger partial charge >= 0.3 is 8.80 Å². The van der Waals surface area contributed by atoms with Crippen LogP contribution in [0.3, 0.4) is 0 Å². The molecule has 0 aliphatic heterocycles. The summed E-state index contributed by atoms with van der Waals surface area (Å²) in [6.45, 7) is 4.72. The van der Waals surface area contributed by atoms with Crippen LogP contribution in [0.1, 0.15) is 84.5 Å². The number of amides is 1. The SMILES string of the molecule is CCCCCCCCCCCC(=O)N(CCC[Si](OC)(OC)OC)C(C)N. The molecule has 6 nitrogen and oxygen atoms in total. The fourth-order valence-corrected chi connectivity index (χ4v) is 5.01. The van der Waals surface area contributed by atoms with Crippen LogP contribution in [0.4, 0.5) is 0 Å². The number of rotatable bonds is 18. The van der Waals surface area contributed by atoms with Gasteiger partial charge in [-0.1, -0.05) is 58.3 Å². The van der Waals surface area contributed by atoms with Gasteiger partial charge < -0.3 is 23.9 Å². The van der Waals surface area contributed by atoms with E-state index in [0.29, 0.717) is 19.0 Å². The zero-order valence-electron chi connectivity index (χ0n) is 18.4. The molecule has 0 aliphatic carbocycles. The van der Waals surface area contributed by atoms with Crippen molar-refractivity contribution in [2.24, 2.45) is 5.73 Å². The summed E-state index contributed by atoms with van der Waals surface area (Å²) in [6, 6.07) is 0.672. The largest absolute Gasteiger partial charge is 0.500 e. The minimum Gasteiger partial charge on any atom is -0.377 e. The predicted octanol–water partition coefficient (Wildman–Crippen LogP) is 4.31. The lowest BCUT2D eigenvalue weighted by Gasteiger charge is -2.29. The first kappa shape index (κ1) is 26.5. The average molecular weight is 405 g/mol. The molecule has 7 heteroatoms. The van der Waals surface area contributed by atoms with E-state index in [1.807, 2.05) is 6.92 Å². The highest BCUT2D eigenvalue weighted by Gasteiger charge is 2.37. The molecule has 0 aromatic rings. The van der Waals surface area contributed by atoms with E-state index in [2.05, 4.69) is 6.92 Å². The lowest BCUT2D eigenvalue weighted by atomic mass is 10.1. The van der Waals surface area contributed by atoms with E-state index in [9.17, 15) is 4.79 Å². The first-order chi connectivity index (χ1) is 13.0. The molecule has 1 unspecified atom stereocenters. The van der Waals surface area contributed by atoms with Gasteiger partial charge in [0.2, 0.25) is 5.91 Å². The molecule has 1 atom stereocenters. The number of hydrogen-bond donors (Lipinski definition) is 1. The lowest BCUT2D eigenvalue weighted by Crippen LogP contribution is -2.46. The summed E-state index contributed by atoms with van der Waals surface area (Å²) in [5, 5.41) is 0. The van der Waals surface area contributed by atoms with Crippen LogP contribution < -0.4 is 5.73 Å². The Morgan fingerprint density at radius 1 is 0.889 bits per heavy atom. The lowest BCUT2D eigenvalue weighted by molar-refractivity contribution is -0.133. The second-order valence-corrected chi connectivity index (χ2v) is 10.4. The minimum atomic E-state index is -2.59. The summed E-state index contributed by atoms with van der Waals surface area (Å²) >= 11 is 0. The summed E-state index contributed by atoms with van der Waals surface area (Å²) < 4.78 is 16.3. The van der Waals surface area contributed by atoms with Crippen LogP contribution >= 0.6 is 0 Å². The van der Waals surface area contributed by atoms with Crippen LogP contribution in [-0.4, -0.2) is 53.7 Å². The molecule has 0 saturated carbocycles. The number of carbonyl (C=O) groups is 1. The number of carbonyl (C=O) groups excluding carboxylic acids is 1. The minimum absolute atomic E-state index is 0.146. The van der Waals surface area contributed by atoms with Gasteiger partial charge in [-0.25, -0.2) is 0 Å². The molecule has 162 valence electrons. The molecule has 0 aliphatic rings. The maximum atomic E-state index is 12.5. The Balaban J connectivity index is 4.05. The maximum Gasteiger partial charge on any atom is 0.500 e. The van der Waals surface area contributed by atoms with Gasteiger partial charge in [0.1, 0.15) is 0 Å². The van der Waals surface area contributed by atoms with E-state index in [0.717, 1.165) is 19.3 Å². The van der Waals surface area contributed by atoms with Crippen LogP contribution in [0.15, 0.2) is 0 Å². The summed E-state index contributed by atoms with van der Waals surface area (Å²) in [6.07, 6.45) is 12.3. The zero-order valence-corrected chi connectivity index (χ0v) is 19.4. The van der Waals surface area contributed by atoms with Crippen molar-refractivity contribution in [3.05, 3.63) is 0 Å². The first-order valence-corrected chi connectivity index (χ1v) is 12.6. The normalized spacial score (nSPS) is 13.0. The number of nitrogens with zero attached hydrogens (tertiary/aromatic N) is 1. The summed E-state index contributed by atoms with van der Waals surface area (Å²) in [7, 11) is 2.24. The molecule has 0 aromatic carbocycles. The van der Waals surface area contributed by atoms with Crippen LogP contribution in [-0.2, 0) is 18.1 Å². The van der Waals surface area contributed by atoms with Crippen LogP contribution in [0.2, 0.25) is 6.04 Å². The molecule has 0 heterocycles. The van der Waals surface area contributed by atoms with Crippen molar-refractivity contribution in [1.29, 1.82) is 0 Å². The van der Waals surface area contributed by atoms with E-state index in [-0.39, 0.29) is 12.1 Å². The van der Waals surface area contributed by atoms with E-state index < -0.39 is 8.80 Å². The predicted molar refractivity (Wildman–Crippen MR) is 113 cm³/mol. The topological polar surface area (TPSA) is 74.0 Å². The summed E-state index contributed by atoms with van der Waals surface area (Å²) in [4.78, 5) is 14.3. The number of nitrogens with two attached hydrogens (primary N) is 1. The van der Waals surface area contributed by atoms with E-state index >= 15 is 0 Å². The fraction of sp³-hybridized carbons (Fsp3) is 0.950. The Morgan fingerprint density at radius 2 is 1.37 bits per heavy atom. The molecule has 0 radical (unpaired) electrons. The highest BCUT2D eigenvalue weighted by molar-refractivity contribution is 6.60. The highest BCUT2D eigenvalue weighted by atomic mass is 28.4. The Hall–Kier alpha value is -0.473. The van der Waals surface area contributed by atoms with Crippen molar-refractivity contribution in [1.82, 2.24) is 4.90 Å². The van der Waals surface area contributed by atoms with E-state index in [1.54, 1.807) is 26.2 Å². The molecule has 2 N–H and O–H groups in total. The summed E-state index contributed by atoms with van der Waals surface area (Å²) in [5.41, 5.74) is 6.02. The number of hydrogen-bond acceptors (Lipinski definition) is 5. The Labute approximate surface area is 168 Å². The average Bonchev–Trinajstić information content (AvgIpc) is 2.67. The van der Waals surface area contributed by atoms with Crippen molar-refractivity contribution < 1.29 is 18.1 Å². The highest BCUT2D eigenvalue weighted by Crippen LogP contribution is 2.17. The first-order valence-electron chi connectivity index (χ1n) is 10.7. The molecule has 0 spiro atoms. The third-order valence-corrected chi connectivity index (χ3v) is 7.95. The molecule has 0 bridgehead atoms. The van der Waals surface area contributed by atoms with Gasteiger partial charge in [0.05, 0.1) is 6.17 Å². The molecule has 0 aromatic heterocycles. The van der Waals surface area contributed by atoms with E-state index in [4.69, 9.17) is 19.0 Å². The zero-order chi connectivity index (χ0) is 20.5. The number of unbranched alkanes of at least 4 members (excludes halogenated alkanes) is 8. The Kier molecular flexibility index (Phi) is 16.2. The van der Waals surface area contributed by atoms with Crippen molar-refractivity contribution in [3.8, 4) is 0 Å². The fourth-order valence-electron chi connectivity index (χ4n) is 3.31. The Bertz CT molecular complexity index is 358. The second kappa shape index (κ2) is 16.5. The maximum absolute atomic E-state index is 12.5.